The van der Waals surface area contributed by atoms with Crippen LogP contribution in [0.3, 0.4) is 0 Å². The molecule has 0 fully saturated rings. The number of fused-ring (bicyclic) bond motifs is 1. The third-order valence-electron chi connectivity index (χ3n) is 5.12. The molecule has 0 saturated carbocycles. The van der Waals surface area contributed by atoms with Crippen molar-refractivity contribution < 1.29 is 18.7 Å². The zero-order valence-electron chi connectivity index (χ0n) is 17.5. The summed E-state index contributed by atoms with van der Waals surface area (Å²) >= 11 is 1.43. The first kappa shape index (κ1) is 21.0. The smallest absolute Gasteiger partial charge is 0.250 e. The first-order valence-corrected chi connectivity index (χ1v) is 11.0. The van der Waals surface area contributed by atoms with Gasteiger partial charge in [-0.05, 0) is 50.2 Å². The quantitative estimate of drug-likeness (QED) is 0.617. The van der Waals surface area contributed by atoms with Gasteiger partial charge in [0.15, 0.2) is 0 Å². The molecule has 0 saturated heterocycles. The van der Waals surface area contributed by atoms with Gasteiger partial charge in [-0.1, -0.05) is 12.1 Å². The Balaban J connectivity index is 1.41. The van der Waals surface area contributed by atoms with Gasteiger partial charge in [0, 0.05) is 11.3 Å². The van der Waals surface area contributed by atoms with Crippen LogP contribution in [0.5, 0.6) is 5.75 Å². The minimum atomic E-state index is -0.971. The second kappa shape index (κ2) is 8.47. The number of carbonyl (C=O) groups is 2. The molecule has 1 N–H and O–H groups in total. The lowest BCUT2D eigenvalue weighted by molar-refractivity contribution is -0.125. The zero-order valence-corrected chi connectivity index (χ0v) is 18.4. The summed E-state index contributed by atoms with van der Waals surface area (Å²) in [5, 5.41) is 2.87. The average Bonchev–Trinajstić information content (AvgIpc) is 3.23. The number of rotatable bonds is 6. The fourth-order valence-electron chi connectivity index (χ4n) is 3.45. The molecular formula is C23H23N3O4S. The molecule has 160 valence electrons. The van der Waals surface area contributed by atoms with Crippen molar-refractivity contribution in [2.75, 3.05) is 23.1 Å². The summed E-state index contributed by atoms with van der Waals surface area (Å²) in [6.07, 6.45) is 1.60. The third-order valence-corrected chi connectivity index (χ3v) is 6.07. The number of nitrogens with zero attached hydrogens (tertiary/aromatic N) is 2. The first-order valence-electron chi connectivity index (χ1n) is 9.80. The van der Waals surface area contributed by atoms with Crippen LogP contribution in [0, 0.1) is 0 Å². The average molecular weight is 438 g/mol. The van der Waals surface area contributed by atoms with E-state index in [1.165, 1.54) is 11.8 Å². The molecule has 31 heavy (non-hydrogen) atoms. The summed E-state index contributed by atoms with van der Waals surface area (Å²) in [5.41, 5.74) is 1.98. The van der Waals surface area contributed by atoms with E-state index in [9.17, 15) is 9.59 Å². The maximum absolute atomic E-state index is 13.1. The number of anilines is 2. The Morgan fingerprint density at radius 3 is 2.68 bits per heavy atom. The van der Waals surface area contributed by atoms with Gasteiger partial charge in [-0.3, -0.25) is 14.5 Å². The van der Waals surface area contributed by atoms with Crippen molar-refractivity contribution in [2.24, 2.45) is 0 Å². The van der Waals surface area contributed by atoms with E-state index in [0.29, 0.717) is 23.0 Å². The highest BCUT2D eigenvalue weighted by Crippen LogP contribution is 2.37. The second-order valence-electron chi connectivity index (χ2n) is 7.62. The molecule has 0 atom stereocenters. The third kappa shape index (κ3) is 4.16. The molecule has 1 aliphatic heterocycles. The predicted molar refractivity (Wildman–Crippen MR) is 121 cm³/mol. The van der Waals surface area contributed by atoms with Gasteiger partial charge in [0.1, 0.15) is 17.6 Å². The fraction of sp³-hybridized carbons (Fsp3) is 0.261. The molecule has 8 heteroatoms. The van der Waals surface area contributed by atoms with Crippen LogP contribution in [0.4, 0.5) is 11.4 Å². The van der Waals surface area contributed by atoms with E-state index in [2.05, 4.69) is 10.3 Å². The van der Waals surface area contributed by atoms with Crippen LogP contribution >= 0.6 is 11.8 Å². The Hall–Kier alpha value is -3.26. The number of oxazole rings is 1. The Kier molecular flexibility index (Phi) is 5.73. The topological polar surface area (TPSA) is 84.7 Å². The van der Waals surface area contributed by atoms with Gasteiger partial charge in [0.2, 0.25) is 17.7 Å². The van der Waals surface area contributed by atoms with Gasteiger partial charge in [-0.15, -0.1) is 11.8 Å². The summed E-state index contributed by atoms with van der Waals surface area (Å²) in [6, 6.07) is 14.8. The van der Waals surface area contributed by atoms with Crippen molar-refractivity contribution in [1.82, 2.24) is 4.98 Å². The maximum Gasteiger partial charge on any atom is 0.250 e. The van der Waals surface area contributed by atoms with E-state index >= 15 is 0 Å². The second-order valence-corrected chi connectivity index (χ2v) is 8.61. The van der Waals surface area contributed by atoms with Crippen molar-refractivity contribution in [3.8, 4) is 17.2 Å². The highest BCUT2D eigenvalue weighted by molar-refractivity contribution is 7.99. The molecule has 0 radical (unpaired) electrons. The van der Waals surface area contributed by atoms with E-state index in [4.69, 9.17) is 9.15 Å². The SMILES string of the molecule is COc1ccc(-c2nc(CSCC(=O)N3c4ccccc4NC(=O)C3(C)C)co2)cc1. The minimum absolute atomic E-state index is 0.129. The van der Waals surface area contributed by atoms with Crippen LogP contribution in [0.2, 0.25) is 0 Å². The molecule has 2 aromatic carbocycles. The van der Waals surface area contributed by atoms with Gasteiger partial charge in [-0.25, -0.2) is 4.98 Å². The lowest BCUT2D eigenvalue weighted by Gasteiger charge is -2.42. The summed E-state index contributed by atoms with van der Waals surface area (Å²) < 4.78 is 10.7. The number of hydrogen-bond acceptors (Lipinski definition) is 6. The number of benzene rings is 2. The van der Waals surface area contributed by atoms with Crippen LogP contribution < -0.4 is 15.0 Å². The van der Waals surface area contributed by atoms with Crippen LogP contribution in [0.15, 0.2) is 59.2 Å². The van der Waals surface area contributed by atoms with Gasteiger partial charge in [0.25, 0.3) is 0 Å². The molecule has 0 bridgehead atoms. The molecule has 2 heterocycles. The maximum atomic E-state index is 13.1. The number of methoxy groups -OCH3 is 1. The standard InChI is InChI=1S/C23H23N3O4S/c1-23(2)22(28)25-18-6-4-5-7-19(18)26(23)20(27)14-31-13-16-12-30-21(24-16)15-8-10-17(29-3)11-9-15/h4-12H,13-14H2,1-3H3,(H,25,28). The Morgan fingerprint density at radius 2 is 1.94 bits per heavy atom. The predicted octanol–water partition coefficient (Wildman–Crippen LogP) is 4.35. The Labute approximate surface area is 184 Å². The molecule has 3 aromatic rings. The summed E-state index contributed by atoms with van der Waals surface area (Å²) in [7, 11) is 1.62. The zero-order chi connectivity index (χ0) is 22.0. The molecule has 0 aliphatic carbocycles. The molecule has 0 spiro atoms. The van der Waals surface area contributed by atoms with E-state index in [1.54, 1.807) is 38.2 Å². The van der Waals surface area contributed by atoms with Gasteiger partial charge in [-0.2, -0.15) is 0 Å². The van der Waals surface area contributed by atoms with Crippen molar-refractivity contribution in [3.05, 3.63) is 60.5 Å². The van der Waals surface area contributed by atoms with E-state index < -0.39 is 5.54 Å². The van der Waals surface area contributed by atoms with Gasteiger partial charge >= 0.3 is 0 Å². The Bertz CT molecular complexity index is 1110. The number of aromatic nitrogens is 1. The normalized spacial score (nSPS) is 14.7. The monoisotopic (exact) mass is 437 g/mol. The summed E-state index contributed by atoms with van der Waals surface area (Å²) in [4.78, 5) is 31.7. The van der Waals surface area contributed by atoms with Gasteiger partial charge in [0.05, 0.1) is 29.9 Å². The minimum Gasteiger partial charge on any atom is -0.497 e. The molecular weight excluding hydrogens is 414 g/mol. The number of carbonyl (C=O) groups excluding carboxylic acids is 2. The van der Waals surface area contributed by atoms with Crippen molar-refractivity contribution >= 4 is 35.0 Å². The number of thioether (sulfide) groups is 1. The van der Waals surface area contributed by atoms with E-state index in [1.807, 2.05) is 42.5 Å². The Morgan fingerprint density at radius 1 is 1.19 bits per heavy atom. The van der Waals surface area contributed by atoms with Gasteiger partial charge < -0.3 is 14.5 Å². The van der Waals surface area contributed by atoms with Crippen LogP contribution in [-0.2, 0) is 15.3 Å². The molecule has 4 rings (SSSR count). The number of para-hydroxylation sites is 2. The number of ether oxygens (including phenoxy) is 1. The summed E-state index contributed by atoms with van der Waals surface area (Å²) in [5.74, 6) is 1.69. The first-order chi connectivity index (χ1) is 14.9. The largest absolute Gasteiger partial charge is 0.497 e. The summed E-state index contributed by atoms with van der Waals surface area (Å²) in [6.45, 7) is 3.50. The highest BCUT2D eigenvalue weighted by atomic mass is 32.2. The number of hydrogen-bond donors (Lipinski definition) is 1. The lowest BCUT2D eigenvalue weighted by atomic mass is 9.96. The fourth-order valence-corrected chi connectivity index (χ4v) is 4.19. The van der Waals surface area contributed by atoms with Crippen molar-refractivity contribution in [2.45, 2.75) is 25.1 Å². The van der Waals surface area contributed by atoms with Crippen LogP contribution in [0.1, 0.15) is 19.5 Å². The highest BCUT2D eigenvalue weighted by Gasteiger charge is 2.43. The number of nitrogens with one attached hydrogen (secondary N) is 1. The van der Waals surface area contributed by atoms with E-state index in [-0.39, 0.29) is 17.6 Å². The van der Waals surface area contributed by atoms with E-state index in [0.717, 1.165) is 17.0 Å². The molecule has 1 aromatic heterocycles. The van der Waals surface area contributed by atoms with Crippen LogP contribution in [0.25, 0.3) is 11.5 Å². The molecule has 7 nitrogen and oxygen atoms in total. The number of amides is 2. The lowest BCUT2D eigenvalue weighted by Crippen LogP contribution is -2.58. The molecule has 1 aliphatic rings. The molecule has 2 amide bonds. The van der Waals surface area contributed by atoms with Crippen molar-refractivity contribution in [1.29, 1.82) is 0 Å². The van der Waals surface area contributed by atoms with Crippen molar-refractivity contribution in [3.63, 3.8) is 0 Å². The molecule has 0 unspecified atom stereocenters. The van der Waals surface area contributed by atoms with Crippen LogP contribution in [-0.4, -0.2) is 35.2 Å².